The summed E-state index contributed by atoms with van der Waals surface area (Å²) in [6.07, 6.45) is 3.59. The predicted octanol–water partition coefficient (Wildman–Crippen LogP) is 4.10. The summed E-state index contributed by atoms with van der Waals surface area (Å²) in [6.45, 7) is 2.20. The molecule has 1 saturated heterocycles. The average molecular weight is 414 g/mol. The Kier molecular flexibility index (Phi) is 5.50. The van der Waals surface area contributed by atoms with Crippen LogP contribution in [-0.4, -0.2) is 39.9 Å². The standard InChI is InChI=1S/C20H19N3O3S2/c1-13-18(28-19(22-13)14-6-2-3-9-21-14)20(25)26-12-17(24)23-10-4-7-15(23)16-8-5-11-27-16/h2-3,5-6,8-9,11,15H,4,7,10,12H2,1H3. The summed E-state index contributed by atoms with van der Waals surface area (Å²) in [5.41, 5.74) is 1.29. The number of carbonyl (C=O) groups excluding carboxylic acids is 2. The Hall–Kier alpha value is -2.58. The summed E-state index contributed by atoms with van der Waals surface area (Å²) in [7, 11) is 0. The van der Waals surface area contributed by atoms with E-state index < -0.39 is 5.97 Å². The van der Waals surface area contributed by atoms with Crippen molar-refractivity contribution in [2.24, 2.45) is 0 Å². The number of esters is 1. The molecule has 28 heavy (non-hydrogen) atoms. The molecule has 0 bridgehead atoms. The van der Waals surface area contributed by atoms with Crippen LogP contribution in [0.2, 0.25) is 0 Å². The van der Waals surface area contributed by atoms with E-state index >= 15 is 0 Å². The number of ether oxygens (including phenoxy) is 1. The Morgan fingerprint density at radius 2 is 2.18 bits per heavy atom. The fourth-order valence-corrected chi connectivity index (χ4v) is 5.11. The Morgan fingerprint density at radius 1 is 1.29 bits per heavy atom. The summed E-state index contributed by atoms with van der Waals surface area (Å²) in [5.74, 6) is -0.672. The van der Waals surface area contributed by atoms with Gasteiger partial charge in [-0.2, -0.15) is 0 Å². The van der Waals surface area contributed by atoms with Gasteiger partial charge in [-0.25, -0.2) is 9.78 Å². The maximum atomic E-state index is 12.6. The van der Waals surface area contributed by atoms with Crippen molar-refractivity contribution >= 4 is 34.6 Å². The van der Waals surface area contributed by atoms with Gasteiger partial charge in [0.15, 0.2) is 6.61 Å². The first-order chi connectivity index (χ1) is 13.6. The first-order valence-electron chi connectivity index (χ1n) is 9.02. The Balaban J connectivity index is 1.40. The summed E-state index contributed by atoms with van der Waals surface area (Å²) < 4.78 is 5.32. The minimum atomic E-state index is -0.516. The second-order valence-corrected chi connectivity index (χ2v) is 8.46. The maximum Gasteiger partial charge on any atom is 0.350 e. The third-order valence-electron chi connectivity index (χ3n) is 4.64. The van der Waals surface area contributed by atoms with E-state index in [1.54, 1.807) is 24.5 Å². The average Bonchev–Trinajstić information content (AvgIpc) is 3.46. The third-order valence-corrected chi connectivity index (χ3v) is 6.77. The number of hydrogen-bond acceptors (Lipinski definition) is 7. The SMILES string of the molecule is Cc1nc(-c2ccccn2)sc1C(=O)OCC(=O)N1CCCC1c1cccs1. The van der Waals surface area contributed by atoms with Crippen molar-refractivity contribution < 1.29 is 14.3 Å². The van der Waals surface area contributed by atoms with E-state index in [0.29, 0.717) is 27.8 Å². The smallest absolute Gasteiger partial charge is 0.350 e. The van der Waals surface area contributed by atoms with Crippen LogP contribution in [0, 0.1) is 6.92 Å². The minimum Gasteiger partial charge on any atom is -0.451 e. The molecule has 4 rings (SSSR count). The highest BCUT2D eigenvalue weighted by Gasteiger charge is 2.31. The van der Waals surface area contributed by atoms with Gasteiger partial charge in [0.2, 0.25) is 0 Å². The molecule has 8 heteroatoms. The van der Waals surface area contributed by atoms with Gasteiger partial charge in [-0.3, -0.25) is 9.78 Å². The number of carbonyl (C=O) groups is 2. The van der Waals surface area contributed by atoms with Crippen molar-refractivity contribution in [3.63, 3.8) is 0 Å². The van der Waals surface area contributed by atoms with E-state index in [9.17, 15) is 9.59 Å². The zero-order chi connectivity index (χ0) is 19.5. The van der Waals surface area contributed by atoms with Crippen LogP contribution in [0.5, 0.6) is 0 Å². The molecule has 3 aromatic heterocycles. The molecule has 4 heterocycles. The molecular weight excluding hydrogens is 394 g/mol. The molecule has 0 aliphatic carbocycles. The highest BCUT2D eigenvalue weighted by Crippen LogP contribution is 2.34. The number of hydrogen-bond donors (Lipinski definition) is 0. The van der Waals surface area contributed by atoms with Crippen molar-refractivity contribution in [2.45, 2.75) is 25.8 Å². The number of thiophene rings is 1. The predicted molar refractivity (Wildman–Crippen MR) is 108 cm³/mol. The highest BCUT2D eigenvalue weighted by molar-refractivity contribution is 7.17. The summed E-state index contributed by atoms with van der Waals surface area (Å²) >= 11 is 2.88. The van der Waals surface area contributed by atoms with Crippen LogP contribution in [0.4, 0.5) is 0 Å². The van der Waals surface area contributed by atoms with Crippen LogP contribution in [0.3, 0.4) is 0 Å². The van der Waals surface area contributed by atoms with Gasteiger partial charge in [-0.15, -0.1) is 22.7 Å². The van der Waals surface area contributed by atoms with Crippen LogP contribution in [0.15, 0.2) is 41.9 Å². The molecule has 0 aromatic carbocycles. The van der Waals surface area contributed by atoms with E-state index in [2.05, 4.69) is 9.97 Å². The van der Waals surface area contributed by atoms with E-state index in [1.807, 2.05) is 40.6 Å². The first-order valence-corrected chi connectivity index (χ1v) is 10.7. The van der Waals surface area contributed by atoms with Crippen LogP contribution in [0.1, 0.15) is 39.1 Å². The monoisotopic (exact) mass is 413 g/mol. The van der Waals surface area contributed by atoms with Gasteiger partial charge in [-0.05, 0) is 43.3 Å². The largest absolute Gasteiger partial charge is 0.451 e. The number of thiazole rings is 1. The van der Waals surface area contributed by atoms with Gasteiger partial charge in [0, 0.05) is 17.6 Å². The van der Waals surface area contributed by atoms with E-state index in [1.165, 1.54) is 16.2 Å². The van der Waals surface area contributed by atoms with Crippen molar-refractivity contribution in [3.05, 3.63) is 57.4 Å². The molecule has 144 valence electrons. The van der Waals surface area contributed by atoms with Crippen molar-refractivity contribution in [3.8, 4) is 10.7 Å². The second kappa shape index (κ2) is 8.20. The fraction of sp³-hybridized carbons (Fsp3) is 0.300. The second-order valence-electron chi connectivity index (χ2n) is 6.49. The zero-order valence-corrected chi connectivity index (χ0v) is 17.0. The molecular formula is C20H19N3O3S2. The van der Waals surface area contributed by atoms with Gasteiger partial charge in [0.1, 0.15) is 9.88 Å². The van der Waals surface area contributed by atoms with Gasteiger partial charge in [0.25, 0.3) is 5.91 Å². The molecule has 0 radical (unpaired) electrons. The Labute approximate surface area is 170 Å². The number of aromatic nitrogens is 2. The topological polar surface area (TPSA) is 72.4 Å². The molecule has 3 aromatic rings. The molecule has 0 saturated carbocycles. The Bertz CT molecular complexity index is 970. The van der Waals surface area contributed by atoms with Gasteiger partial charge < -0.3 is 9.64 Å². The summed E-state index contributed by atoms with van der Waals surface area (Å²) in [4.78, 5) is 37.2. The molecule has 0 spiro atoms. The van der Waals surface area contributed by atoms with Crippen LogP contribution in [0.25, 0.3) is 10.7 Å². The van der Waals surface area contributed by atoms with Crippen molar-refractivity contribution in [1.82, 2.24) is 14.9 Å². The van der Waals surface area contributed by atoms with Crippen LogP contribution in [-0.2, 0) is 9.53 Å². The first kappa shape index (κ1) is 18.8. The molecule has 0 N–H and O–H groups in total. The lowest BCUT2D eigenvalue weighted by Crippen LogP contribution is -2.34. The van der Waals surface area contributed by atoms with Crippen molar-refractivity contribution in [2.75, 3.05) is 13.2 Å². The summed E-state index contributed by atoms with van der Waals surface area (Å²) in [5, 5.41) is 2.68. The van der Waals surface area contributed by atoms with E-state index in [4.69, 9.17) is 4.74 Å². The fourth-order valence-electron chi connectivity index (χ4n) is 3.30. The van der Waals surface area contributed by atoms with Gasteiger partial charge >= 0.3 is 5.97 Å². The highest BCUT2D eigenvalue weighted by atomic mass is 32.1. The lowest BCUT2D eigenvalue weighted by atomic mass is 10.2. The third kappa shape index (κ3) is 3.83. The molecule has 1 atom stereocenters. The number of aryl methyl sites for hydroxylation is 1. The molecule has 6 nitrogen and oxygen atoms in total. The molecule has 1 aliphatic rings. The zero-order valence-electron chi connectivity index (χ0n) is 15.3. The van der Waals surface area contributed by atoms with Crippen LogP contribution >= 0.6 is 22.7 Å². The number of amides is 1. The Morgan fingerprint density at radius 3 is 2.93 bits per heavy atom. The normalized spacial score (nSPS) is 16.3. The van der Waals surface area contributed by atoms with E-state index in [-0.39, 0.29) is 18.6 Å². The molecule has 1 fully saturated rings. The van der Waals surface area contributed by atoms with Crippen LogP contribution < -0.4 is 0 Å². The molecule has 1 amide bonds. The summed E-state index contributed by atoms with van der Waals surface area (Å²) in [6, 6.07) is 9.67. The lowest BCUT2D eigenvalue weighted by Gasteiger charge is -2.23. The number of likely N-dealkylation sites (tertiary alicyclic amines) is 1. The lowest BCUT2D eigenvalue weighted by molar-refractivity contribution is -0.135. The number of pyridine rings is 1. The quantitative estimate of drug-likeness (QED) is 0.589. The number of nitrogens with zero attached hydrogens (tertiary/aromatic N) is 3. The van der Waals surface area contributed by atoms with Crippen molar-refractivity contribution in [1.29, 1.82) is 0 Å². The number of rotatable bonds is 5. The van der Waals surface area contributed by atoms with E-state index in [0.717, 1.165) is 12.8 Å². The van der Waals surface area contributed by atoms with Gasteiger partial charge in [-0.1, -0.05) is 12.1 Å². The minimum absolute atomic E-state index is 0.0899. The maximum absolute atomic E-state index is 12.6. The van der Waals surface area contributed by atoms with Gasteiger partial charge in [0.05, 0.1) is 17.4 Å². The molecule has 1 unspecified atom stereocenters. The molecule has 1 aliphatic heterocycles.